The molecule has 0 bridgehead atoms. The fourth-order valence-electron chi connectivity index (χ4n) is 3.95. The van der Waals surface area contributed by atoms with Crippen LogP contribution in [0, 0.1) is 0 Å². The predicted molar refractivity (Wildman–Crippen MR) is 121 cm³/mol. The van der Waals surface area contributed by atoms with Crippen molar-refractivity contribution >= 4 is 34.9 Å². The maximum absolute atomic E-state index is 5.46. The molecule has 0 atom stereocenters. The summed E-state index contributed by atoms with van der Waals surface area (Å²) in [6, 6.07) is 5.94. The summed E-state index contributed by atoms with van der Waals surface area (Å²) in [6.45, 7) is 4.74. The Kier molecular flexibility index (Phi) is 6.82. The maximum Gasteiger partial charge on any atom is 0.232 e. The first-order valence-corrected chi connectivity index (χ1v) is 11.1. The lowest BCUT2D eigenvalue weighted by molar-refractivity contribution is 0.503. The smallest absolute Gasteiger partial charge is 0.232 e. The molecule has 2 aromatic rings. The number of aromatic nitrogens is 2. The van der Waals surface area contributed by atoms with E-state index < -0.39 is 0 Å². The molecule has 156 valence electrons. The second-order valence-electron chi connectivity index (χ2n) is 7.74. The quantitative estimate of drug-likeness (QED) is 0.714. The number of furan rings is 1. The Bertz CT molecular complexity index is 782. The average Bonchev–Trinajstić information content (AvgIpc) is 3.13. The molecule has 0 spiro atoms. The number of piperidine rings is 1. The van der Waals surface area contributed by atoms with Crippen LogP contribution in [0.1, 0.15) is 50.7 Å². The molecule has 0 amide bonds. The molecule has 0 aliphatic carbocycles. The number of hydrogen-bond acceptors (Lipinski definition) is 6. The van der Waals surface area contributed by atoms with Crippen molar-refractivity contribution in [2.45, 2.75) is 51.5 Å². The SMILES string of the molecule is S=C(NCc1ccco1)Nc1nc(N2CCCCCC2)cc(N2CCCCC2)n1. The molecule has 2 aliphatic rings. The van der Waals surface area contributed by atoms with Gasteiger partial charge in [0.2, 0.25) is 5.95 Å². The van der Waals surface area contributed by atoms with E-state index in [0.29, 0.717) is 17.6 Å². The molecule has 2 aliphatic heterocycles. The zero-order valence-corrected chi connectivity index (χ0v) is 17.7. The van der Waals surface area contributed by atoms with Crippen LogP contribution in [0.2, 0.25) is 0 Å². The van der Waals surface area contributed by atoms with Crippen LogP contribution in [-0.2, 0) is 6.54 Å². The van der Waals surface area contributed by atoms with E-state index >= 15 is 0 Å². The molecule has 2 fully saturated rings. The highest BCUT2D eigenvalue weighted by molar-refractivity contribution is 7.80. The van der Waals surface area contributed by atoms with Crippen molar-refractivity contribution in [3.8, 4) is 0 Å². The van der Waals surface area contributed by atoms with Crippen molar-refractivity contribution in [1.29, 1.82) is 0 Å². The Balaban J connectivity index is 1.50. The third-order valence-electron chi connectivity index (χ3n) is 5.54. The molecular weight excluding hydrogens is 384 g/mol. The minimum absolute atomic E-state index is 0.499. The summed E-state index contributed by atoms with van der Waals surface area (Å²) < 4.78 is 5.35. The van der Waals surface area contributed by atoms with Crippen LogP contribution in [0.5, 0.6) is 0 Å². The lowest BCUT2D eigenvalue weighted by atomic mass is 10.1. The first-order chi connectivity index (χ1) is 14.3. The monoisotopic (exact) mass is 414 g/mol. The molecule has 4 heterocycles. The molecule has 2 aromatic heterocycles. The van der Waals surface area contributed by atoms with Gasteiger partial charge in [0.25, 0.3) is 0 Å². The fourth-order valence-corrected chi connectivity index (χ4v) is 4.11. The molecule has 8 heteroatoms. The molecule has 2 saturated heterocycles. The fraction of sp³-hybridized carbons (Fsp3) is 0.571. The zero-order chi connectivity index (χ0) is 19.9. The first-order valence-electron chi connectivity index (χ1n) is 10.7. The molecule has 29 heavy (non-hydrogen) atoms. The van der Waals surface area contributed by atoms with Gasteiger partial charge in [-0.3, -0.25) is 0 Å². The highest BCUT2D eigenvalue weighted by Gasteiger charge is 2.18. The van der Waals surface area contributed by atoms with Crippen molar-refractivity contribution in [1.82, 2.24) is 15.3 Å². The summed E-state index contributed by atoms with van der Waals surface area (Å²) in [5, 5.41) is 6.84. The van der Waals surface area contributed by atoms with Crippen LogP contribution in [0.25, 0.3) is 0 Å². The van der Waals surface area contributed by atoms with Gasteiger partial charge in [-0.15, -0.1) is 0 Å². The maximum atomic E-state index is 5.46. The van der Waals surface area contributed by atoms with Crippen molar-refractivity contribution < 1.29 is 4.42 Å². The topological polar surface area (TPSA) is 69.5 Å². The number of nitrogens with one attached hydrogen (secondary N) is 2. The molecule has 7 nitrogen and oxygen atoms in total. The van der Waals surface area contributed by atoms with E-state index in [4.69, 9.17) is 26.6 Å². The lowest BCUT2D eigenvalue weighted by Gasteiger charge is -2.29. The molecule has 2 N–H and O–H groups in total. The number of thiocarbonyl (C=S) groups is 1. The third kappa shape index (κ3) is 5.59. The third-order valence-corrected chi connectivity index (χ3v) is 5.78. The van der Waals surface area contributed by atoms with Gasteiger partial charge in [-0.2, -0.15) is 9.97 Å². The summed E-state index contributed by atoms with van der Waals surface area (Å²) in [6.07, 6.45) is 10.4. The molecule has 4 rings (SSSR count). The zero-order valence-electron chi connectivity index (χ0n) is 16.9. The van der Waals surface area contributed by atoms with E-state index in [1.807, 2.05) is 12.1 Å². The standard InChI is InChI=1S/C21H30N6OS/c29-21(22-16-17-9-8-14-28-17)25-20-23-18(26-10-4-1-2-5-11-26)15-19(24-20)27-12-6-3-7-13-27/h8-9,14-15H,1-7,10-13,16H2,(H2,22,23,24,25,29). The van der Waals surface area contributed by atoms with Gasteiger partial charge >= 0.3 is 0 Å². The van der Waals surface area contributed by atoms with Crippen LogP contribution in [0.15, 0.2) is 28.9 Å². The van der Waals surface area contributed by atoms with Gasteiger partial charge < -0.3 is 24.9 Å². The number of nitrogens with zero attached hydrogens (tertiary/aromatic N) is 4. The Morgan fingerprint density at radius 3 is 2.07 bits per heavy atom. The van der Waals surface area contributed by atoms with Crippen LogP contribution in [0.3, 0.4) is 0 Å². The van der Waals surface area contributed by atoms with E-state index in [9.17, 15) is 0 Å². The first kappa shape index (κ1) is 19.9. The van der Waals surface area contributed by atoms with Crippen LogP contribution in [-0.4, -0.2) is 41.3 Å². The van der Waals surface area contributed by atoms with Crippen LogP contribution >= 0.6 is 12.2 Å². The summed E-state index contributed by atoms with van der Waals surface area (Å²) in [7, 11) is 0. The highest BCUT2D eigenvalue weighted by Crippen LogP contribution is 2.25. The van der Waals surface area contributed by atoms with Gasteiger partial charge in [-0.25, -0.2) is 0 Å². The summed E-state index contributed by atoms with van der Waals surface area (Å²) in [4.78, 5) is 14.4. The van der Waals surface area contributed by atoms with E-state index in [1.165, 1.54) is 44.9 Å². The normalized spacial score (nSPS) is 17.7. The van der Waals surface area contributed by atoms with Crippen molar-refractivity contribution in [3.63, 3.8) is 0 Å². The van der Waals surface area contributed by atoms with E-state index in [-0.39, 0.29) is 0 Å². The molecular formula is C21H30N6OS. The van der Waals surface area contributed by atoms with E-state index in [1.54, 1.807) is 6.26 Å². The predicted octanol–water partition coefficient (Wildman–Crippen LogP) is 3.93. The molecule has 0 radical (unpaired) electrons. The molecule has 0 saturated carbocycles. The van der Waals surface area contributed by atoms with Gasteiger partial charge in [0.05, 0.1) is 12.8 Å². The Labute approximate surface area is 177 Å². The van der Waals surface area contributed by atoms with Crippen LogP contribution in [0.4, 0.5) is 17.6 Å². The molecule has 0 unspecified atom stereocenters. The van der Waals surface area contributed by atoms with Crippen molar-refractivity contribution in [2.24, 2.45) is 0 Å². The number of anilines is 3. The minimum Gasteiger partial charge on any atom is -0.467 e. The van der Waals surface area contributed by atoms with Gasteiger partial charge in [0.1, 0.15) is 17.4 Å². The second kappa shape index (κ2) is 9.91. The Hall–Kier alpha value is -2.35. The number of hydrogen-bond donors (Lipinski definition) is 2. The average molecular weight is 415 g/mol. The Morgan fingerprint density at radius 2 is 1.52 bits per heavy atom. The van der Waals surface area contributed by atoms with Gasteiger partial charge in [-0.05, 0) is 56.5 Å². The lowest BCUT2D eigenvalue weighted by Crippen LogP contribution is -2.33. The van der Waals surface area contributed by atoms with Gasteiger partial charge in [0, 0.05) is 32.2 Å². The van der Waals surface area contributed by atoms with Gasteiger partial charge in [-0.1, -0.05) is 12.8 Å². The largest absolute Gasteiger partial charge is 0.467 e. The second-order valence-corrected chi connectivity index (χ2v) is 8.15. The summed E-state index contributed by atoms with van der Waals surface area (Å²) >= 11 is 5.46. The van der Waals surface area contributed by atoms with Crippen molar-refractivity contribution in [3.05, 3.63) is 30.2 Å². The van der Waals surface area contributed by atoms with Crippen molar-refractivity contribution in [2.75, 3.05) is 41.3 Å². The van der Waals surface area contributed by atoms with Gasteiger partial charge in [0.15, 0.2) is 5.11 Å². The minimum atomic E-state index is 0.499. The Morgan fingerprint density at radius 1 is 0.931 bits per heavy atom. The summed E-state index contributed by atoms with van der Waals surface area (Å²) in [5.41, 5.74) is 0. The van der Waals surface area contributed by atoms with Crippen LogP contribution < -0.4 is 20.4 Å². The summed E-state index contributed by atoms with van der Waals surface area (Å²) in [5.74, 6) is 3.39. The molecule has 0 aromatic carbocycles. The van der Waals surface area contributed by atoms with E-state index in [2.05, 4.69) is 26.5 Å². The highest BCUT2D eigenvalue weighted by atomic mass is 32.1. The number of rotatable bonds is 5. The van der Waals surface area contributed by atoms with E-state index in [0.717, 1.165) is 43.6 Å².